The number of carbonyl (C=O) groups excluding carboxylic acids is 2. The number of methoxy groups -OCH3 is 1. The molecule has 2 rings (SSSR count). The zero-order chi connectivity index (χ0) is 19.3. The van der Waals surface area contributed by atoms with Gasteiger partial charge < -0.3 is 14.8 Å². The van der Waals surface area contributed by atoms with Crippen molar-refractivity contribution in [3.8, 4) is 5.75 Å². The monoisotopic (exact) mass is 378 g/mol. The molecule has 9 heteroatoms. The second-order valence-electron chi connectivity index (χ2n) is 5.22. The average Bonchev–Trinajstić information content (AvgIpc) is 2.60. The van der Waals surface area contributed by atoms with Gasteiger partial charge >= 0.3 is 5.97 Å². The lowest BCUT2D eigenvalue weighted by atomic mass is 10.1. The van der Waals surface area contributed by atoms with Gasteiger partial charge in [-0.25, -0.2) is 4.79 Å². The Bertz CT molecular complexity index is 868. The number of non-ortho nitro benzene ring substituents is 1. The number of carbonyl (C=O) groups is 2. The van der Waals surface area contributed by atoms with Crippen molar-refractivity contribution in [2.45, 2.75) is 13.5 Å². The molecule has 0 fully saturated rings. The zero-order valence-electron chi connectivity index (χ0n) is 13.9. The molecule has 8 nitrogen and oxygen atoms in total. The minimum absolute atomic E-state index is 0.0667. The summed E-state index contributed by atoms with van der Waals surface area (Å²) in [6.45, 7) is 1.17. The second kappa shape index (κ2) is 8.30. The second-order valence-corrected chi connectivity index (χ2v) is 5.62. The summed E-state index contributed by atoms with van der Waals surface area (Å²) in [7, 11) is 1.36. The lowest BCUT2D eigenvalue weighted by Gasteiger charge is -2.12. The van der Waals surface area contributed by atoms with Crippen LogP contribution < -0.4 is 10.1 Å². The standard InChI is InChI=1S/C17H15ClN2O6/c1-10(21)19-15-8-16(25-2)13(7-14(15)18)17(22)26-9-11-4-3-5-12(6-11)20(23)24/h3-8H,9H2,1-2H3,(H,19,21). The molecule has 1 amide bonds. The third kappa shape index (κ3) is 4.70. The first-order valence-electron chi connectivity index (χ1n) is 7.37. The van der Waals surface area contributed by atoms with Gasteiger partial charge in [-0.3, -0.25) is 14.9 Å². The van der Waals surface area contributed by atoms with Crippen molar-refractivity contribution in [1.29, 1.82) is 0 Å². The van der Waals surface area contributed by atoms with Crippen LogP contribution in [0.4, 0.5) is 11.4 Å². The number of anilines is 1. The Labute approximate surface area is 153 Å². The van der Waals surface area contributed by atoms with E-state index in [-0.39, 0.29) is 34.5 Å². The van der Waals surface area contributed by atoms with Gasteiger partial charge in [-0.15, -0.1) is 0 Å². The molecule has 0 radical (unpaired) electrons. The highest BCUT2D eigenvalue weighted by Crippen LogP contribution is 2.31. The summed E-state index contributed by atoms with van der Waals surface area (Å²) >= 11 is 6.07. The van der Waals surface area contributed by atoms with Crippen molar-refractivity contribution >= 4 is 34.9 Å². The van der Waals surface area contributed by atoms with Crippen LogP contribution in [0.3, 0.4) is 0 Å². The smallest absolute Gasteiger partial charge is 0.342 e. The summed E-state index contributed by atoms with van der Waals surface area (Å²) in [5, 5.41) is 13.4. The first-order chi connectivity index (χ1) is 12.3. The maximum atomic E-state index is 12.3. The Hall–Kier alpha value is -3.13. The number of benzene rings is 2. The van der Waals surface area contributed by atoms with E-state index in [0.29, 0.717) is 11.3 Å². The number of nitro groups is 1. The highest BCUT2D eigenvalue weighted by molar-refractivity contribution is 6.34. The fourth-order valence-corrected chi connectivity index (χ4v) is 2.36. The summed E-state index contributed by atoms with van der Waals surface area (Å²) < 4.78 is 10.3. The fourth-order valence-electron chi connectivity index (χ4n) is 2.15. The van der Waals surface area contributed by atoms with Crippen molar-refractivity contribution in [3.05, 3.63) is 62.7 Å². The maximum Gasteiger partial charge on any atom is 0.342 e. The van der Waals surface area contributed by atoms with Crippen LogP contribution in [0.2, 0.25) is 5.02 Å². The Balaban J connectivity index is 2.18. The van der Waals surface area contributed by atoms with E-state index in [4.69, 9.17) is 21.1 Å². The number of nitro benzene ring substituents is 1. The van der Waals surface area contributed by atoms with Crippen LogP contribution in [0.25, 0.3) is 0 Å². The highest BCUT2D eigenvalue weighted by atomic mass is 35.5. The van der Waals surface area contributed by atoms with Gasteiger partial charge in [0.2, 0.25) is 5.91 Å². The lowest BCUT2D eigenvalue weighted by Crippen LogP contribution is -2.10. The van der Waals surface area contributed by atoms with Crippen molar-refractivity contribution in [2.75, 3.05) is 12.4 Å². The van der Waals surface area contributed by atoms with E-state index in [1.165, 1.54) is 44.4 Å². The summed E-state index contributed by atoms with van der Waals surface area (Å²) in [6, 6.07) is 8.49. The van der Waals surface area contributed by atoms with Crippen molar-refractivity contribution in [2.24, 2.45) is 0 Å². The first-order valence-corrected chi connectivity index (χ1v) is 7.75. The summed E-state index contributed by atoms with van der Waals surface area (Å²) in [5.74, 6) is -0.873. The Morgan fingerprint density at radius 2 is 2.00 bits per heavy atom. The number of halogens is 1. The van der Waals surface area contributed by atoms with Crippen molar-refractivity contribution < 1.29 is 24.0 Å². The molecule has 0 spiro atoms. The number of esters is 1. The lowest BCUT2D eigenvalue weighted by molar-refractivity contribution is -0.384. The Morgan fingerprint density at radius 3 is 2.62 bits per heavy atom. The molecule has 0 saturated heterocycles. The number of rotatable bonds is 6. The topological polar surface area (TPSA) is 108 Å². The van der Waals surface area contributed by atoms with Gasteiger partial charge in [-0.1, -0.05) is 23.7 Å². The summed E-state index contributed by atoms with van der Waals surface area (Å²) in [4.78, 5) is 33.7. The van der Waals surface area contributed by atoms with Gasteiger partial charge in [0.25, 0.3) is 5.69 Å². The number of nitrogens with one attached hydrogen (secondary N) is 1. The number of nitrogens with zero attached hydrogens (tertiary/aromatic N) is 1. The molecule has 0 unspecified atom stereocenters. The molecule has 0 aliphatic rings. The van der Waals surface area contributed by atoms with E-state index >= 15 is 0 Å². The summed E-state index contributed by atoms with van der Waals surface area (Å²) in [5.41, 5.74) is 0.731. The molecule has 0 saturated carbocycles. The van der Waals surface area contributed by atoms with Crippen LogP contribution in [0.1, 0.15) is 22.8 Å². The third-order valence-corrected chi connectivity index (χ3v) is 3.62. The van der Waals surface area contributed by atoms with Crippen LogP contribution in [-0.4, -0.2) is 23.9 Å². The van der Waals surface area contributed by atoms with E-state index < -0.39 is 10.9 Å². The van der Waals surface area contributed by atoms with Crippen LogP contribution >= 0.6 is 11.6 Å². The van der Waals surface area contributed by atoms with E-state index in [1.807, 2.05) is 0 Å². The highest BCUT2D eigenvalue weighted by Gasteiger charge is 2.18. The third-order valence-electron chi connectivity index (χ3n) is 3.31. The zero-order valence-corrected chi connectivity index (χ0v) is 14.7. The fraction of sp³-hybridized carbons (Fsp3) is 0.176. The molecule has 0 aliphatic heterocycles. The van der Waals surface area contributed by atoms with Crippen LogP contribution in [-0.2, 0) is 16.1 Å². The van der Waals surface area contributed by atoms with Gasteiger partial charge in [-0.05, 0) is 11.6 Å². The molecule has 0 bridgehead atoms. The van der Waals surface area contributed by atoms with E-state index in [0.717, 1.165) is 0 Å². The number of hydrogen-bond acceptors (Lipinski definition) is 6. The molecule has 136 valence electrons. The molecule has 0 aliphatic carbocycles. The molecular formula is C17H15ClN2O6. The molecule has 1 N–H and O–H groups in total. The van der Waals surface area contributed by atoms with Gasteiger partial charge in [-0.2, -0.15) is 0 Å². The van der Waals surface area contributed by atoms with E-state index in [2.05, 4.69) is 5.32 Å². The average molecular weight is 379 g/mol. The SMILES string of the molecule is COc1cc(NC(C)=O)c(Cl)cc1C(=O)OCc1cccc([N+](=O)[O-])c1. The summed E-state index contributed by atoms with van der Waals surface area (Å²) in [6.07, 6.45) is 0. The van der Waals surface area contributed by atoms with Crippen molar-refractivity contribution in [3.63, 3.8) is 0 Å². The Morgan fingerprint density at radius 1 is 1.27 bits per heavy atom. The molecule has 0 atom stereocenters. The Kier molecular flexibility index (Phi) is 6.13. The predicted molar refractivity (Wildman–Crippen MR) is 94.5 cm³/mol. The van der Waals surface area contributed by atoms with Crippen LogP contribution in [0.15, 0.2) is 36.4 Å². The predicted octanol–water partition coefficient (Wildman–Crippen LogP) is 3.57. The number of amides is 1. The number of ether oxygens (including phenoxy) is 2. The molecular weight excluding hydrogens is 364 g/mol. The quantitative estimate of drug-likeness (QED) is 0.467. The van der Waals surface area contributed by atoms with Crippen molar-refractivity contribution in [1.82, 2.24) is 0 Å². The van der Waals surface area contributed by atoms with Gasteiger partial charge in [0, 0.05) is 25.1 Å². The van der Waals surface area contributed by atoms with Gasteiger partial charge in [0.15, 0.2) is 0 Å². The molecule has 2 aromatic rings. The van der Waals surface area contributed by atoms with Gasteiger partial charge in [0.1, 0.15) is 17.9 Å². The van der Waals surface area contributed by atoms with E-state index in [9.17, 15) is 19.7 Å². The normalized spacial score (nSPS) is 10.1. The molecule has 2 aromatic carbocycles. The number of hydrogen-bond donors (Lipinski definition) is 1. The minimum atomic E-state index is -0.718. The molecule has 26 heavy (non-hydrogen) atoms. The van der Waals surface area contributed by atoms with Crippen LogP contribution in [0, 0.1) is 10.1 Å². The first kappa shape index (κ1) is 19.2. The molecule has 0 aromatic heterocycles. The van der Waals surface area contributed by atoms with Gasteiger partial charge in [0.05, 0.1) is 22.7 Å². The van der Waals surface area contributed by atoms with E-state index in [1.54, 1.807) is 6.07 Å². The maximum absolute atomic E-state index is 12.3. The molecule has 0 heterocycles. The largest absolute Gasteiger partial charge is 0.496 e. The minimum Gasteiger partial charge on any atom is -0.496 e. The van der Waals surface area contributed by atoms with Crippen LogP contribution in [0.5, 0.6) is 5.75 Å².